The molecule has 2 aromatic carbocycles. The van der Waals surface area contributed by atoms with Crippen molar-refractivity contribution in [1.29, 1.82) is 0 Å². The summed E-state index contributed by atoms with van der Waals surface area (Å²) in [5.41, 5.74) is 5.10. The van der Waals surface area contributed by atoms with Crippen molar-refractivity contribution in [2.24, 2.45) is 0 Å². The van der Waals surface area contributed by atoms with Crippen LogP contribution in [0.25, 0.3) is 11.0 Å². The molecule has 0 unspecified atom stereocenters. The van der Waals surface area contributed by atoms with Crippen LogP contribution >= 0.6 is 0 Å². The number of carbonyl (C=O) groups is 2. The number of fused-ring (bicyclic) bond motifs is 2. The van der Waals surface area contributed by atoms with Crippen LogP contribution in [0.1, 0.15) is 17.5 Å². The molecule has 0 spiro atoms. The number of aliphatic carboxylic acids is 2. The quantitative estimate of drug-likeness (QED) is 0.453. The number of carboxylic acids is 2. The zero-order valence-corrected chi connectivity index (χ0v) is 16.5. The molecular formula is C22H24N2O6. The molecular weight excluding hydrogens is 388 g/mol. The summed E-state index contributed by atoms with van der Waals surface area (Å²) in [5.74, 6) is -2.69. The number of carboxylic acid groups (broad SMARTS) is 2. The van der Waals surface area contributed by atoms with Crippen LogP contribution < -0.4 is 4.74 Å². The minimum absolute atomic E-state index is 0.587. The number of hydrogen-bond acceptors (Lipinski definition) is 5. The molecule has 158 valence electrons. The molecule has 3 aromatic rings. The van der Waals surface area contributed by atoms with E-state index in [-0.39, 0.29) is 0 Å². The molecule has 1 aliphatic carbocycles. The molecule has 0 bridgehead atoms. The van der Waals surface area contributed by atoms with E-state index in [9.17, 15) is 0 Å². The van der Waals surface area contributed by atoms with Gasteiger partial charge in [0, 0.05) is 6.54 Å². The van der Waals surface area contributed by atoms with Crippen molar-refractivity contribution < 1.29 is 29.3 Å². The summed E-state index contributed by atoms with van der Waals surface area (Å²) in [7, 11) is 0. The lowest BCUT2D eigenvalue weighted by atomic mass is 10.1. The third-order valence-corrected chi connectivity index (χ3v) is 4.75. The predicted octanol–water partition coefficient (Wildman–Crippen LogP) is 2.78. The summed E-state index contributed by atoms with van der Waals surface area (Å²) in [6, 6.07) is 14.6. The molecule has 0 aliphatic heterocycles. The number of benzene rings is 2. The first-order valence-electron chi connectivity index (χ1n) is 9.73. The zero-order chi connectivity index (χ0) is 21.3. The molecule has 1 aliphatic rings. The smallest absolute Gasteiger partial charge is 0.414 e. The van der Waals surface area contributed by atoms with E-state index in [4.69, 9.17) is 29.3 Å². The molecule has 2 N–H and O–H groups in total. The number of rotatable bonds is 7. The van der Waals surface area contributed by atoms with Crippen LogP contribution in [0.3, 0.4) is 0 Å². The summed E-state index contributed by atoms with van der Waals surface area (Å²) < 4.78 is 13.6. The molecule has 30 heavy (non-hydrogen) atoms. The highest BCUT2D eigenvalue weighted by molar-refractivity contribution is 6.27. The maximum atomic E-state index is 9.10. The van der Waals surface area contributed by atoms with Crippen LogP contribution in [-0.2, 0) is 33.7 Å². The standard InChI is InChI=1S/C20H22N2O2.C2H2O4/c1-2-7-20-19(6-1)21-15-22(20)10-11-23-12-13-24-18-9-8-16-4-3-5-17(16)14-18;3-1(4)2(5)6/h1-2,6-9,14-15H,3-5,10-13H2;(H,3,4)(H,5,6). The number of nitrogens with zero attached hydrogens (tertiary/aromatic N) is 2. The van der Waals surface area contributed by atoms with E-state index in [1.54, 1.807) is 0 Å². The number of ether oxygens (including phenoxy) is 2. The SMILES string of the molecule is O=C(O)C(=O)O.c1ccc2c(c1)ncn2CCOCCOc1ccc2c(c1)CCC2. The normalized spacial score (nSPS) is 12.1. The predicted molar refractivity (Wildman–Crippen MR) is 110 cm³/mol. The van der Waals surface area contributed by atoms with Gasteiger partial charge in [0.15, 0.2) is 0 Å². The highest BCUT2D eigenvalue weighted by Crippen LogP contribution is 2.25. The maximum Gasteiger partial charge on any atom is 0.414 e. The minimum Gasteiger partial charge on any atom is -0.491 e. The van der Waals surface area contributed by atoms with Crippen molar-refractivity contribution in [3.63, 3.8) is 0 Å². The van der Waals surface area contributed by atoms with Crippen molar-refractivity contribution in [3.8, 4) is 5.75 Å². The van der Waals surface area contributed by atoms with Crippen LogP contribution in [-0.4, -0.2) is 51.5 Å². The zero-order valence-electron chi connectivity index (χ0n) is 16.5. The van der Waals surface area contributed by atoms with Crippen LogP contribution in [0, 0.1) is 0 Å². The number of para-hydroxylation sites is 2. The molecule has 0 atom stereocenters. The van der Waals surface area contributed by atoms with E-state index in [0.29, 0.717) is 19.8 Å². The molecule has 8 heteroatoms. The average molecular weight is 412 g/mol. The molecule has 0 radical (unpaired) electrons. The summed E-state index contributed by atoms with van der Waals surface area (Å²) in [4.78, 5) is 22.6. The van der Waals surface area contributed by atoms with Gasteiger partial charge in [-0.25, -0.2) is 14.6 Å². The first-order valence-corrected chi connectivity index (χ1v) is 9.73. The summed E-state index contributed by atoms with van der Waals surface area (Å²) in [5, 5.41) is 14.8. The Hall–Kier alpha value is -3.39. The van der Waals surface area contributed by atoms with Crippen LogP contribution in [0.2, 0.25) is 0 Å². The van der Waals surface area contributed by atoms with Crippen molar-refractivity contribution in [1.82, 2.24) is 9.55 Å². The van der Waals surface area contributed by atoms with Crippen molar-refractivity contribution in [3.05, 3.63) is 59.9 Å². The first-order chi connectivity index (χ1) is 14.5. The van der Waals surface area contributed by atoms with Gasteiger partial charge in [0.1, 0.15) is 12.4 Å². The third-order valence-electron chi connectivity index (χ3n) is 4.75. The largest absolute Gasteiger partial charge is 0.491 e. The number of aromatic nitrogens is 2. The number of aryl methyl sites for hydroxylation is 2. The average Bonchev–Trinajstić information content (AvgIpc) is 3.37. The Bertz CT molecular complexity index is 1000. The Kier molecular flexibility index (Phi) is 7.40. The van der Waals surface area contributed by atoms with Gasteiger partial charge in [-0.1, -0.05) is 18.2 Å². The van der Waals surface area contributed by atoms with Crippen LogP contribution in [0.15, 0.2) is 48.8 Å². The van der Waals surface area contributed by atoms with Gasteiger partial charge >= 0.3 is 11.9 Å². The second-order valence-corrected chi connectivity index (χ2v) is 6.78. The summed E-state index contributed by atoms with van der Waals surface area (Å²) in [6.07, 6.45) is 5.53. The first kappa shape index (κ1) is 21.3. The van der Waals surface area contributed by atoms with Gasteiger partial charge < -0.3 is 24.3 Å². The van der Waals surface area contributed by atoms with Crippen LogP contribution in [0.4, 0.5) is 0 Å². The molecule has 8 nitrogen and oxygen atoms in total. The second-order valence-electron chi connectivity index (χ2n) is 6.78. The molecule has 0 fully saturated rings. The number of imidazole rings is 1. The van der Waals surface area contributed by atoms with Gasteiger partial charge in [-0.15, -0.1) is 0 Å². The Balaban J connectivity index is 0.000000377. The Morgan fingerprint density at radius 1 is 0.967 bits per heavy atom. The fraction of sp³-hybridized carbons (Fsp3) is 0.318. The minimum atomic E-state index is -1.82. The van der Waals surface area contributed by atoms with E-state index in [1.165, 1.54) is 30.4 Å². The molecule has 0 saturated carbocycles. The monoisotopic (exact) mass is 412 g/mol. The molecule has 1 heterocycles. The van der Waals surface area contributed by atoms with E-state index in [0.717, 1.165) is 23.3 Å². The van der Waals surface area contributed by atoms with Crippen molar-refractivity contribution in [2.45, 2.75) is 25.8 Å². The Morgan fingerprint density at radius 3 is 2.53 bits per heavy atom. The molecule has 4 rings (SSSR count). The highest BCUT2D eigenvalue weighted by Gasteiger charge is 2.11. The van der Waals surface area contributed by atoms with Gasteiger partial charge in [-0.3, -0.25) is 0 Å². The van der Waals surface area contributed by atoms with Crippen LogP contribution in [0.5, 0.6) is 5.75 Å². The van der Waals surface area contributed by atoms with Crippen molar-refractivity contribution >= 4 is 23.0 Å². The lowest BCUT2D eigenvalue weighted by molar-refractivity contribution is -0.159. The van der Waals surface area contributed by atoms with Gasteiger partial charge in [0.25, 0.3) is 0 Å². The molecule has 1 aromatic heterocycles. The highest BCUT2D eigenvalue weighted by atomic mass is 16.5. The Labute approximate surface area is 173 Å². The second kappa shape index (κ2) is 10.4. The summed E-state index contributed by atoms with van der Waals surface area (Å²) >= 11 is 0. The lowest BCUT2D eigenvalue weighted by Gasteiger charge is -2.09. The third kappa shape index (κ3) is 5.81. The fourth-order valence-electron chi connectivity index (χ4n) is 3.31. The lowest BCUT2D eigenvalue weighted by Crippen LogP contribution is -2.11. The Morgan fingerprint density at radius 2 is 1.73 bits per heavy atom. The summed E-state index contributed by atoms with van der Waals surface area (Å²) in [6.45, 7) is 2.65. The van der Waals surface area contributed by atoms with E-state index in [1.807, 2.05) is 24.5 Å². The fourth-order valence-corrected chi connectivity index (χ4v) is 3.31. The van der Waals surface area contributed by atoms with Gasteiger partial charge in [0.05, 0.1) is 30.6 Å². The van der Waals surface area contributed by atoms with E-state index in [2.05, 4.69) is 33.8 Å². The topological polar surface area (TPSA) is 111 Å². The molecule has 0 amide bonds. The molecule has 0 saturated heterocycles. The maximum absolute atomic E-state index is 9.10. The van der Waals surface area contributed by atoms with E-state index < -0.39 is 11.9 Å². The number of hydrogen-bond donors (Lipinski definition) is 2. The van der Waals surface area contributed by atoms with Gasteiger partial charge in [0.2, 0.25) is 0 Å². The van der Waals surface area contributed by atoms with Gasteiger partial charge in [-0.2, -0.15) is 0 Å². The van der Waals surface area contributed by atoms with Gasteiger partial charge in [-0.05, 0) is 54.7 Å². The van der Waals surface area contributed by atoms with Crippen molar-refractivity contribution in [2.75, 3.05) is 19.8 Å². The van der Waals surface area contributed by atoms with E-state index >= 15 is 0 Å².